The summed E-state index contributed by atoms with van der Waals surface area (Å²) in [7, 11) is 3.23. The molecule has 0 atom stereocenters. The van der Waals surface area contributed by atoms with E-state index in [9.17, 15) is 0 Å². The van der Waals surface area contributed by atoms with E-state index in [1.54, 1.807) is 14.2 Å². The smallest absolute Gasteiger partial charge is 0.182 e. The minimum absolute atomic E-state index is 0.573. The van der Waals surface area contributed by atoms with Crippen molar-refractivity contribution < 1.29 is 9.47 Å². The van der Waals surface area contributed by atoms with Crippen molar-refractivity contribution in [2.75, 3.05) is 19.5 Å². The average molecular weight is 367 g/mol. The third-order valence-corrected chi connectivity index (χ3v) is 4.83. The van der Waals surface area contributed by atoms with Gasteiger partial charge in [-0.1, -0.05) is 12.1 Å². The number of benzene rings is 1. The molecule has 4 rings (SSSR count). The number of para-hydroxylation sites is 1. The van der Waals surface area contributed by atoms with Crippen LogP contribution in [0.3, 0.4) is 0 Å². The summed E-state index contributed by atoms with van der Waals surface area (Å²) >= 11 is 1.48. The highest BCUT2D eigenvalue weighted by molar-refractivity contribution is 7.14. The SMILES string of the molecule is COc1csc(-c2nc(Nc3cc(C)[nH]n3)c3ccccc3n2)c1OC. The Balaban J connectivity index is 1.87. The number of anilines is 2. The van der Waals surface area contributed by atoms with Crippen molar-refractivity contribution >= 4 is 33.9 Å². The lowest BCUT2D eigenvalue weighted by molar-refractivity contribution is 0.359. The Kier molecular flexibility index (Phi) is 4.18. The van der Waals surface area contributed by atoms with Crippen molar-refractivity contribution in [2.45, 2.75) is 6.92 Å². The first-order valence-corrected chi connectivity index (χ1v) is 8.83. The van der Waals surface area contributed by atoms with E-state index in [1.165, 1.54) is 11.3 Å². The number of thiophene rings is 1. The Bertz CT molecular complexity index is 1070. The Labute approximate surface area is 154 Å². The maximum Gasteiger partial charge on any atom is 0.182 e. The third-order valence-electron chi connectivity index (χ3n) is 3.90. The highest BCUT2D eigenvalue weighted by Crippen LogP contribution is 2.43. The molecule has 132 valence electrons. The molecular formula is C18H17N5O2S. The minimum atomic E-state index is 0.573. The van der Waals surface area contributed by atoms with Gasteiger partial charge in [0.05, 0.1) is 19.7 Å². The van der Waals surface area contributed by atoms with Crippen molar-refractivity contribution in [1.29, 1.82) is 0 Å². The molecule has 0 spiro atoms. The summed E-state index contributed by atoms with van der Waals surface area (Å²) < 4.78 is 10.9. The molecule has 0 aliphatic heterocycles. The predicted octanol–water partition coefficient (Wildman–Crippen LogP) is 4.15. The van der Waals surface area contributed by atoms with Crippen LogP contribution in [-0.2, 0) is 0 Å². The summed E-state index contributed by atoms with van der Waals surface area (Å²) in [6.07, 6.45) is 0. The van der Waals surface area contributed by atoms with E-state index in [2.05, 4.69) is 15.5 Å². The zero-order valence-electron chi connectivity index (χ0n) is 14.5. The second kappa shape index (κ2) is 6.64. The first-order valence-electron chi connectivity index (χ1n) is 7.95. The lowest BCUT2D eigenvalue weighted by Gasteiger charge is -2.10. The number of aromatic nitrogens is 4. The molecule has 0 fully saturated rings. The van der Waals surface area contributed by atoms with E-state index in [1.807, 2.05) is 42.6 Å². The van der Waals surface area contributed by atoms with Crippen LogP contribution in [0.1, 0.15) is 5.69 Å². The van der Waals surface area contributed by atoms with Gasteiger partial charge in [0.15, 0.2) is 23.1 Å². The van der Waals surface area contributed by atoms with Crippen LogP contribution in [0.25, 0.3) is 21.6 Å². The fourth-order valence-electron chi connectivity index (χ4n) is 2.70. The molecule has 7 nitrogen and oxygen atoms in total. The predicted molar refractivity (Wildman–Crippen MR) is 103 cm³/mol. The number of aryl methyl sites for hydroxylation is 1. The lowest BCUT2D eigenvalue weighted by Crippen LogP contribution is -1.99. The van der Waals surface area contributed by atoms with Crippen LogP contribution < -0.4 is 14.8 Å². The Morgan fingerprint density at radius 3 is 2.69 bits per heavy atom. The third kappa shape index (κ3) is 2.84. The normalized spacial score (nSPS) is 10.9. The van der Waals surface area contributed by atoms with Crippen molar-refractivity contribution in [3.8, 4) is 22.2 Å². The molecule has 26 heavy (non-hydrogen) atoms. The van der Waals surface area contributed by atoms with Gasteiger partial charge in [0.2, 0.25) is 0 Å². The molecule has 0 unspecified atom stereocenters. The number of H-pyrrole nitrogens is 1. The van der Waals surface area contributed by atoms with Gasteiger partial charge in [0.1, 0.15) is 10.7 Å². The molecule has 0 amide bonds. The summed E-state index contributed by atoms with van der Waals surface area (Å²) in [4.78, 5) is 10.3. The summed E-state index contributed by atoms with van der Waals surface area (Å²) in [5.74, 6) is 3.26. The number of ether oxygens (including phenoxy) is 2. The number of rotatable bonds is 5. The summed E-state index contributed by atoms with van der Waals surface area (Å²) in [6.45, 7) is 1.95. The van der Waals surface area contributed by atoms with Gasteiger partial charge in [-0.05, 0) is 19.1 Å². The molecule has 1 aromatic carbocycles. The molecule has 0 saturated heterocycles. The van der Waals surface area contributed by atoms with Gasteiger partial charge in [0, 0.05) is 22.5 Å². The van der Waals surface area contributed by atoms with E-state index in [-0.39, 0.29) is 0 Å². The topological polar surface area (TPSA) is 85.0 Å². The second-order valence-electron chi connectivity index (χ2n) is 5.64. The highest BCUT2D eigenvalue weighted by Gasteiger charge is 2.19. The van der Waals surface area contributed by atoms with Crippen LogP contribution in [0.5, 0.6) is 11.5 Å². The number of methoxy groups -OCH3 is 2. The van der Waals surface area contributed by atoms with Gasteiger partial charge in [-0.3, -0.25) is 5.10 Å². The molecular weight excluding hydrogens is 350 g/mol. The fourth-order valence-corrected chi connectivity index (χ4v) is 3.61. The maximum absolute atomic E-state index is 5.50. The summed E-state index contributed by atoms with van der Waals surface area (Å²) in [5.41, 5.74) is 1.80. The largest absolute Gasteiger partial charge is 0.492 e. The lowest BCUT2D eigenvalue weighted by atomic mass is 10.2. The highest BCUT2D eigenvalue weighted by atomic mass is 32.1. The Morgan fingerprint density at radius 1 is 1.12 bits per heavy atom. The van der Waals surface area contributed by atoms with Crippen LogP contribution in [-0.4, -0.2) is 34.4 Å². The number of fused-ring (bicyclic) bond motifs is 1. The van der Waals surface area contributed by atoms with Crippen molar-refractivity contribution in [2.24, 2.45) is 0 Å². The van der Waals surface area contributed by atoms with E-state index in [4.69, 9.17) is 19.4 Å². The molecule has 0 aliphatic rings. The molecule has 0 aliphatic carbocycles. The zero-order chi connectivity index (χ0) is 18.1. The molecule has 3 heterocycles. The van der Waals surface area contributed by atoms with Crippen LogP contribution in [0.2, 0.25) is 0 Å². The van der Waals surface area contributed by atoms with Crippen LogP contribution in [0, 0.1) is 6.92 Å². The van der Waals surface area contributed by atoms with E-state index < -0.39 is 0 Å². The number of hydrogen-bond acceptors (Lipinski definition) is 7. The van der Waals surface area contributed by atoms with Crippen molar-refractivity contribution in [1.82, 2.24) is 20.2 Å². The summed E-state index contributed by atoms with van der Waals surface area (Å²) in [5, 5.41) is 13.2. The van der Waals surface area contributed by atoms with Gasteiger partial charge in [-0.15, -0.1) is 11.3 Å². The maximum atomic E-state index is 5.50. The Hall–Kier alpha value is -3.13. The monoisotopic (exact) mass is 367 g/mol. The average Bonchev–Trinajstić information content (AvgIpc) is 3.27. The minimum Gasteiger partial charge on any atom is -0.492 e. The standard InChI is InChI=1S/C18H17N5O2S/c1-10-8-14(23-22-10)20-17-11-6-4-5-7-12(11)19-18(21-17)16-15(25-3)13(24-2)9-26-16/h4-9H,1-3H3,(H2,19,20,21,22,23). The molecule has 3 aromatic heterocycles. The van der Waals surface area contributed by atoms with E-state index in [0.717, 1.165) is 21.5 Å². The first-order chi connectivity index (χ1) is 12.7. The molecule has 0 radical (unpaired) electrons. The van der Waals surface area contributed by atoms with Gasteiger partial charge >= 0.3 is 0 Å². The second-order valence-corrected chi connectivity index (χ2v) is 6.52. The van der Waals surface area contributed by atoms with Gasteiger partial charge in [0.25, 0.3) is 0 Å². The molecule has 2 N–H and O–H groups in total. The number of nitrogens with one attached hydrogen (secondary N) is 2. The fraction of sp³-hybridized carbons (Fsp3) is 0.167. The Morgan fingerprint density at radius 2 is 1.96 bits per heavy atom. The number of hydrogen-bond donors (Lipinski definition) is 2. The van der Waals surface area contributed by atoms with E-state index >= 15 is 0 Å². The molecule has 0 bridgehead atoms. The molecule has 0 saturated carbocycles. The van der Waals surface area contributed by atoms with Gasteiger partial charge in [-0.25, -0.2) is 9.97 Å². The first kappa shape index (κ1) is 16.3. The zero-order valence-corrected chi connectivity index (χ0v) is 15.3. The van der Waals surface area contributed by atoms with Crippen LogP contribution >= 0.6 is 11.3 Å². The number of aromatic amines is 1. The number of nitrogens with zero attached hydrogens (tertiary/aromatic N) is 3. The van der Waals surface area contributed by atoms with Gasteiger partial charge < -0.3 is 14.8 Å². The quantitative estimate of drug-likeness (QED) is 0.551. The van der Waals surface area contributed by atoms with Crippen LogP contribution in [0.4, 0.5) is 11.6 Å². The van der Waals surface area contributed by atoms with Crippen molar-refractivity contribution in [3.63, 3.8) is 0 Å². The summed E-state index contributed by atoms with van der Waals surface area (Å²) in [6, 6.07) is 9.77. The van der Waals surface area contributed by atoms with Gasteiger partial charge in [-0.2, -0.15) is 5.10 Å². The van der Waals surface area contributed by atoms with E-state index in [0.29, 0.717) is 29.0 Å². The molecule has 8 heteroatoms. The molecule has 4 aromatic rings. The van der Waals surface area contributed by atoms with Crippen LogP contribution in [0.15, 0.2) is 35.7 Å². The van der Waals surface area contributed by atoms with Crippen molar-refractivity contribution in [3.05, 3.63) is 41.4 Å².